The molecule has 3 saturated heterocycles. The maximum atomic E-state index is 13.5. The van der Waals surface area contributed by atoms with Gasteiger partial charge >= 0.3 is 5.97 Å². The SMILES string of the molecule is C[C@]12CCC3=C(COC3=O)[C@@H]1C[C@@H]1O[C@@]13C(=O)[C@@]1(CCO)O[C@H]1[C@@H]1O[C@]123. The molecule has 5 fully saturated rings. The number of aliphatic hydroxyl groups is 1. The van der Waals surface area contributed by atoms with Gasteiger partial charge in [0, 0.05) is 24.0 Å². The number of hydrogen-bond donors (Lipinski definition) is 1. The Morgan fingerprint density at radius 3 is 2.85 bits per heavy atom. The van der Waals surface area contributed by atoms with Crippen molar-refractivity contribution < 1.29 is 33.6 Å². The second-order valence-electron chi connectivity index (χ2n) is 9.13. The highest BCUT2D eigenvalue weighted by Gasteiger charge is 3.00. The first-order valence-electron chi connectivity index (χ1n) is 9.54. The Balaban J connectivity index is 1.38. The molecule has 4 aliphatic heterocycles. The molecule has 0 aromatic rings. The molecule has 7 aliphatic rings. The highest BCUT2D eigenvalue weighted by molar-refractivity contribution is 6.05. The van der Waals surface area contributed by atoms with E-state index in [0.717, 1.165) is 24.0 Å². The second-order valence-corrected chi connectivity index (χ2v) is 9.13. The lowest BCUT2D eigenvalue weighted by Crippen LogP contribution is -2.67. The number of rotatable bonds is 2. The first-order valence-corrected chi connectivity index (χ1v) is 9.54. The Hall–Kier alpha value is -1.28. The summed E-state index contributed by atoms with van der Waals surface area (Å²) in [5.74, 6) is -0.0743. The highest BCUT2D eigenvalue weighted by Crippen LogP contribution is 2.81. The van der Waals surface area contributed by atoms with Crippen LogP contribution in [0.15, 0.2) is 11.1 Å². The third-order valence-electron chi connectivity index (χ3n) is 8.53. The molecule has 0 unspecified atom stereocenters. The molecular weight excluding hydrogens is 340 g/mol. The van der Waals surface area contributed by atoms with Gasteiger partial charge in [0.25, 0.3) is 0 Å². The van der Waals surface area contributed by atoms with Gasteiger partial charge in [-0.05, 0) is 30.8 Å². The maximum absolute atomic E-state index is 13.5. The Labute approximate surface area is 149 Å². The molecule has 7 rings (SSSR count). The van der Waals surface area contributed by atoms with E-state index < -0.39 is 16.8 Å². The molecule has 26 heavy (non-hydrogen) atoms. The van der Waals surface area contributed by atoms with Gasteiger partial charge < -0.3 is 24.1 Å². The van der Waals surface area contributed by atoms with Crippen molar-refractivity contribution in [2.75, 3.05) is 13.2 Å². The standard InChI is InChI=1S/C19H20O7/c1-16-3-2-8-9(7-23-14(8)21)10(16)6-11-18(24-11)15(22)17(4-5-20)12(25-17)13-19(16,18)26-13/h10-13,20H,2-7H2,1H3/t10-,11-,12-,13-,16-,17-,18+,19+/m0/s1. The number of ketones is 1. The molecule has 4 heterocycles. The molecular formula is C19H20O7. The van der Waals surface area contributed by atoms with Crippen LogP contribution in [-0.4, -0.2) is 65.2 Å². The molecule has 3 aliphatic carbocycles. The largest absolute Gasteiger partial charge is 0.458 e. The molecule has 2 saturated carbocycles. The summed E-state index contributed by atoms with van der Waals surface area (Å²) in [7, 11) is 0. The molecule has 0 radical (unpaired) electrons. The van der Waals surface area contributed by atoms with Crippen LogP contribution in [0.1, 0.15) is 32.6 Å². The average molecular weight is 360 g/mol. The van der Waals surface area contributed by atoms with E-state index in [-0.39, 0.29) is 48.0 Å². The molecule has 0 bridgehead atoms. The van der Waals surface area contributed by atoms with Gasteiger partial charge in [0.05, 0.1) is 6.10 Å². The van der Waals surface area contributed by atoms with Crippen molar-refractivity contribution in [3.8, 4) is 0 Å². The van der Waals surface area contributed by atoms with E-state index in [9.17, 15) is 14.7 Å². The molecule has 0 aromatic carbocycles. The van der Waals surface area contributed by atoms with Gasteiger partial charge in [0.15, 0.2) is 11.2 Å². The number of fused-ring (bicyclic) bond motifs is 4. The normalized spacial score (nSPS) is 60.1. The monoisotopic (exact) mass is 360 g/mol. The summed E-state index contributed by atoms with van der Waals surface area (Å²) in [6, 6.07) is 0. The zero-order valence-corrected chi connectivity index (χ0v) is 14.4. The highest BCUT2D eigenvalue weighted by atomic mass is 16.7. The lowest BCUT2D eigenvalue weighted by atomic mass is 9.47. The number of hydrogen-bond acceptors (Lipinski definition) is 7. The van der Waals surface area contributed by atoms with Crippen LogP contribution >= 0.6 is 0 Å². The number of aliphatic hydroxyl groups excluding tert-OH is 1. The minimum atomic E-state index is -0.924. The maximum Gasteiger partial charge on any atom is 0.334 e. The number of carbonyl (C=O) groups is 2. The van der Waals surface area contributed by atoms with E-state index in [1.165, 1.54) is 0 Å². The van der Waals surface area contributed by atoms with Crippen molar-refractivity contribution in [3.05, 3.63) is 11.1 Å². The van der Waals surface area contributed by atoms with E-state index in [0.29, 0.717) is 19.4 Å². The van der Waals surface area contributed by atoms with E-state index in [1.807, 2.05) is 0 Å². The van der Waals surface area contributed by atoms with Crippen molar-refractivity contribution in [2.45, 2.75) is 67.7 Å². The predicted molar refractivity (Wildman–Crippen MR) is 83.0 cm³/mol. The summed E-state index contributed by atoms with van der Waals surface area (Å²) in [5.41, 5.74) is -0.851. The fraction of sp³-hybridized carbons (Fsp3) is 0.789. The Bertz CT molecular complexity index is 849. The predicted octanol–water partition coefficient (Wildman–Crippen LogP) is 0.0377. The van der Waals surface area contributed by atoms with Crippen LogP contribution in [-0.2, 0) is 28.5 Å². The zero-order chi connectivity index (χ0) is 17.7. The summed E-state index contributed by atoms with van der Waals surface area (Å²) >= 11 is 0. The third-order valence-corrected chi connectivity index (χ3v) is 8.53. The van der Waals surface area contributed by atoms with Crippen LogP contribution in [0.2, 0.25) is 0 Å². The number of ether oxygens (including phenoxy) is 4. The minimum absolute atomic E-state index is 0.0269. The van der Waals surface area contributed by atoms with E-state index >= 15 is 0 Å². The summed E-state index contributed by atoms with van der Waals surface area (Å²) in [5, 5.41) is 9.42. The van der Waals surface area contributed by atoms with Gasteiger partial charge in [-0.25, -0.2) is 4.79 Å². The van der Waals surface area contributed by atoms with Gasteiger partial charge in [0.1, 0.15) is 24.4 Å². The summed E-state index contributed by atoms with van der Waals surface area (Å²) < 4.78 is 23.7. The number of esters is 1. The van der Waals surface area contributed by atoms with Crippen LogP contribution in [0.3, 0.4) is 0 Å². The van der Waals surface area contributed by atoms with Crippen molar-refractivity contribution in [2.24, 2.45) is 11.3 Å². The molecule has 1 N–H and O–H groups in total. The lowest BCUT2D eigenvalue weighted by Gasteiger charge is -2.51. The summed E-state index contributed by atoms with van der Waals surface area (Å²) in [4.78, 5) is 25.5. The fourth-order valence-electron chi connectivity index (χ4n) is 7.23. The molecule has 0 amide bonds. The summed E-state index contributed by atoms with van der Waals surface area (Å²) in [6.07, 6.45) is 1.85. The van der Waals surface area contributed by atoms with E-state index in [4.69, 9.17) is 18.9 Å². The number of cyclic esters (lactones) is 1. The van der Waals surface area contributed by atoms with Crippen LogP contribution < -0.4 is 0 Å². The van der Waals surface area contributed by atoms with Crippen LogP contribution in [0.5, 0.6) is 0 Å². The Morgan fingerprint density at radius 1 is 1.19 bits per heavy atom. The molecule has 138 valence electrons. The molecule has 7 nitrogen and oxygen atoms in total. The Kier molecular flexibility index (Phi) is 2.16. The van der Waals surface area contributed by atoms with Crippen molar-refractivity contribution in [1.29, 1.82) is 0 Å². The number of Topliss-reactive ketones (excluding diaryl/α,β-unsaturated/α-hetero) is 1. The first-order chi connectivity index (χ1) is 12.5. The van der Waals surface area contributed by atoms with E-state index in [2.05, 4.69) is 6.92 Å². The van der Waals surface area contributed by atoms with Gasteiger partial charge in [-0.1, -0.05) is 6.92 Å². The van der Waals surface area contributed by atoms with Gasteiger partial charge in [-0.3, -0.25) is 4.79 Å². The fourth-order valence-corrected chi connectivity index (χ4v) is 7.23. The minimum Gasteiger partial charge on any atom is -0.458 e. The van der Waals surface area contributed by atoms with Crippen molar-refractivity contribution in [1.82, 2.24) is 0 Å². The van der Waals surface area contributed by atoms with Gasteiger partial charge in [-0.2, -0.15) is 0 Å². The number of epoxide rings is 3. The zero-order valence-electron chi connectivity index (χ0n) is 14.4. The van der Waals surface area contributed by atoms with Crippen LogP contribution in [0.25, 0.3) is 0 Å². The Morgan fingerprint density at radius 2 is 2.04 bits per heavy atom. The van der Waals surface area contributed by atoms with Gasteiger partial charge in [0.2, 0.25) is 5.78 Å². The molecule has 0 aromatic heterocycles. The molecule has 8 atom stereocenters. The topological polar surface area (TPSA) is 101 Å². The van der Waals surface area contributed by atoms with Gasteiger partial charge in [-0.15, -0.1) is 0 Å². The van der Waals surface area contributed by atoms with Crippen molar-refractivity contribution in [3.63, 3.8) is 0 Å². The van der Waals surface area contributed by atoms with E-state index in [1.54, 1.807) is 0 Å². The van der Waals surface area contributed by atoms with Crippen LogP contribution in [0, 0.1) is 11.3 Å². The second kappa shape index (κ2) is 3.81. The lowest BCUT2D eigenvalue weighted by molar-refractivity contribution is -0.138. The third kappa shape index (κ3) is 1.15. The smallest absolute Gasteiger partial charge is 0.334 e. The number of carbonyl (C=O) groups excluding carboxylic acids is 2. The van der Waals surface area contributed by atoms with Crippen molar-refractivity contribution >= 4 is 11.8 Å². The first kappa shape index (κ1) is 14.7. The average Bonchev–Trinajstić information content (AvgIpc) is 3.50. The van der Waals surface area contributed by atoms with Crippen LogP contribution in [0.4, 0.5) is 0 Å². The molecule has 2 spiro atoms. The quantitative estimate of drug-likeness (QED) is 0.548. The summed E-state index contributed by atoms with van der Waals surface area (Å²) in [6.45, 7) is 2.47. The molecule has 7 heteroatoms.